The summed E-state index contributed by atoms with van der Waals surface area (Å²) >= 11 is 0. The fourth-order valence-corrected chi connectivity index (χ4v) is 1.71. The molecule has 5 heteroatoms. The van der Waals surface area contributed by atoms with E-state index in [1.165, 1.54) is 11.9 Å². The summed E-state index contributed by atoms with van der Waals surface area (Å²) in [5.41, 5.74) is 1.28. The summed E-state index contributed by atoms with van der Waals surface area (Å²) in [4.78, 5) is 15.5. The summed E-state index contributed by atoms with van der Waals surface area (Å²) in [5, 5.41) is 9.07. The number of nitrogens with zero attached hydrogens (tertiary/aromatic N) is 2. The van der Waals surface area contributed by atoms with Gasteiger partial charge in [0.05, 0.1) is 0 Å². The van der Waals surface area contributed by atoms with Gasteiger partial charge < -0.3 is 5.32 Å². The standard InChI is InChI=1S/C13H16N4O/c1-10(7-8-11-5-3-2-4-6-11)16-13(18)12-14-9-15-17-12/h2-6,9-10H,7-8H2,1H3,(H,16,18)(H,14,15,17). The van der Waals surface area contributed by atoms with Crippen LogP contribution in [0.1, 0.15) is 29.5 Å². The lowest BCUT2D eigenvalue weighted by molar-refractivity contribution is 0.0928. The first-order valence-electron chi connectivity index (χ1n) is 5.96. The van der Waals surface area contributed by atoms with Gasteiger partial charge in [0, 0.05) is 6.04 Å². The zero-order valence-electron chi connectivity index (χ0n) is 10.3. The van der Waals surface area contributed by atoms with E-state index in [1.807, 2.05) is 25.1 Å². The summed E-state index contributed by atoms with van der Waals surface area (Å²) in [7, 11) is 0. The predicted molar refractivity (Wildman–Crippen MR) is 68.1 cm³/mol. The molecule has 1 atom stereocenters. The highest BCUT2D eigenvalue weighted by Crippen LogP contribution is 2.05. The number of hydrogen-bond donors (Lipinski definition) is 2. The molecule has 5 nitrogen and oxygen atoms in total. The van der Waals surface area contributed by atoms with Crippen LogP contribution in [0, 0.1) is 0 Å². The Balaban J connectivity index is 1.79. The highest BCUT2D eigenvalue weighted by atomic mass is 16.2. The number of amides is 1. The van der Waals surface area contributed by atoms with E-state index < -0.39 is 0 Å². The summed E-state index contributed by atoms with van der Waals surface area (Å²) < 4.78 is 0. The van der Waals surface area contributed by atoms with E-state index >= 15 is 0 Å². The second kappa shape index (κ2) is 5.95. The van der Waals surface area contributed by atoms with Crippen LogP contribution < -0.4 is 5.32 Å². The van der Waals surface area contributed by atoms with E-state index in [0.717, 1.165) is 12.8 Å². The lowest BCUT2D eigenvalue weighted by atomic mass is 10.1. The third-order valence-electron chi connectivity index (χ3n) is 2.72. The Morgan fingerprint density at radius 1 is 1.39 bits per heavy atom. The number of benzene rings is 1. The first-order chi connectivity index (χ1) is 8.75. The van der Waals surface area contributed by atoms with Crippen molar-refractivity contribution in [3.05, 3.63) is 48.0 Å². The molecule has 1 aromatic heterocycles. The minimum atomic E-state index is -0.215. The molecular formula is C13H16N4O. The molecule has 0 spiro atoms. The van der Waals surface area contributed by atoms with Gasteiger partial charge in [-0.25, -0.2) is 4.98 Å². The Bertz CT molecular complexity index is 481. The normalized spacial score (nSPS) is 12.1. The van der Waals surface area contributed by atoms with E-state index in [1.54, 1.807) is 0 Å². The number of carbonyl (C=O) groups excluding carboxylic acids is 1. The van der Waals surface area contributed by atoms with Gasteiger partial charge in [-0.1, -0.05) is 30.3 Å². The zero-order valence-corrected chi connectivity index (χ0v) is 10.3. The average molecular weight is 244 g/mol. The molecule has 18 heavy (non-hydrogen) atoms. The van der Waals surface area contributed by atoms with Crippen molar-refractivity contribution in [1.82, 2.24) is 20.5 Å². The van der Waals surface area contributed by atoms with Crippen molar-refractivity contribution in [2.24, 2.45) is 0 Å². The van der Waals surface area contributed by atoms with Gasteiger partial charge in [-0.3, -0.25) is 9.89 Å². The highest BCUT2D eigenvalue weighted by molar-refractivity contribution is 5.90. The maximum Gasteiger partial charge on any atom is 0.288 e. The first kappa shape index (κ1) is 12.3. The number of rotatable bonds is 5. The molecule has 1 aromatic carbocycles. The SMILES string of the molecule is CC(CCc1ccccc1)NC(=O)c1ncn[nH]1. The summed E-state index contributed by atoms with van der Waals surface area (Å²) in [6, 6.07) is 10.3. The number of hydrogen-bond acceptors (Lipinski definition) is 3. The Hall–Kier alpha value is -2.17. The van der Waals surface area contributed by atoms with Crippen molar-refractivity contribution in [1.29, 1.82) is 0 Å². The third-order valence-corrected chi connectivity index (χ3v) is 2.72. The molecule has 0 bridgehead atoms. The molecule has 0 aliphatic carbocycles. The van der Waals surface area contributed by atoms with Crippen molar-refractivity contribution >= 4 is 5.91 Å². The van der Waals surface area contributed by atoms with Crippen molar-refractivity contribution in [3.63, 3.8) is 0 Å². The Kier molecular flexibility index (Phi) is 4.06. The van der Waals surface area contributed by atoms with Crippen molar-refractivity contribution in [3.8, 4) is 0 Å². The average Bonchev–Trinajstić information content (AvgIpc) is 2.91. The molecule has 0 aliphatic heterocycles. The van der Waals surface area contributed by atoms with Gasteiger partial charge in [-0.2, -0.15) is 5.10 Å². The van der Waals surface area contributed by atoms with E-state index in [-0.39, 0.29) is 17.8 Å². The molecule has 0 aliphatic rings. The molecular weight excluding hydrogens is 228 g/mol. The molecule has 1 heterocycles. The van der Waals surface area contributed by atoms with Crippen LogP contribution in [0.2, 0.25) is 0 Å². The Morgan fingerprint density at radius 2 is 2.17 bits per heavy atom. The topological polar surface area (TPSA) is 70.7 Å². The van der Waals surface area contributed by atoms with Crippen molar-refractivity contribution in [2.45, 2.75) is 25.8 Å². The zero-order chi connectivity index (χ0) is 12.8. The molecule has 1 amide bonds. The van der Waals surface area contributed by atoms with Gasteiger partial charge in [0.1, 0.15) is 6.33 Å². The molecule has 2 aromatic rings. The summed E-state index contributed by atoms with van der Waals surface area (Å²) in [6.45, 7) is 1.98. The predicted octanol–water partition coefficient (Wildman–Crippen LogP) is 1.56. The Morgan fingerprint density at radius 3 is 2.83 bits per heavy atom. The number of H-pyrrole nitrogens is 1. The van der Waals surface area contributed by atoms with E-state index in [9.17, 15) is 4.79 Å². The molecule has 94 valence electrons. The fourth-order valence-electron chi connectivity index (χ4n) is 1.71. The number of aryl methyl sites for hydroxylation is 1. The maximum atomic E-state index is 11.7. The minimum absolute atomic E-state index is 0.0998. The largest absolute Gasteiger partial charge is 0.347 e. The molecule has 0 saturated heterocycles. The van der Waals surface area contributed by atoms with Gasteiger partial charge in [0.2, 0.25) is 5.82 Å². The van der Waals surface area contributed by atoms with Crippen LogP contribution in [0.5, 0.6) is 0 Å². The quantitative estimate of drug-likeness (QED) is 0.838. The van der Waals surface area contributed by atoms with Crippen LogP contribution in [0.3, 0.4) is 0 Å². The minimum Gasteiger partial charge on any atom is -0.347 e. The number of nitrogens with one attached hydrogen (secondary N) is 2. The van der Waals surface area contributed by atoms with E-state index in [2.05, 4.69) is 32.6 Å². The van der Waals surface area contributed by atoms with Crippen LogP contribution >= 0.6 is 0 Å². The summed E-state index contributed by atoms with van der Waals surface area (Å²) in [6.07, 6.45) is 3.16. The van der Waals surface area contributed by atoms with Gasteiger partial charge in [0.25, 0.3) is 5.91 Å². The van der Waals surface area contributed by atoms with Gasteiger partial charge >= 0.3 is 0 Å². The van der Waals surface area contributed by atoms with Crippen molar-refractivity contribution in [2.75, 3.05) is 0 Å². The second-order valence-corrected chi connectivity index (χ2v) is 4.23. The van der Waals surface area contributed by atoms with Gasteiger partial charge in [-0.05, 0) is 25.3 Å². The van der Waals surface area contributed by atoms with Gasteiger partial charge in [-0.15, -0.1) is 0 Å². The molecule has 2 rings (SSSR count). The van der Waals surface area contributed by atoms with E-state index in [0.29, 0.717) is 0 Å². The molecule has 2 N–H and O–H groups in total. The lowest BCUT2D eigenvalue weighted by Gasteiger charge is -2.12. The van der Waals surface area contributed by atoms with Crippen LogP contribution in [0.4, 0.5) is 0 Å². The van der Waals surface area contributed by atoms with Crippen molar-refractivity contribution < 1.29 is 4.79 Å². The summed E-state index contributed by atoms with van der Waals surface area (Å²) in [5.74, 6) is 0.0367. The monoisotopic (exact) mass is 244 g/mol. The third kappa shape index (κ3) is 3.41. The van der Waals surface area contributed by atoms with E-state index in [4.69, 9.17) is 0 Å². The van der Waals surface area contributed by atoms with Crippen LogP contribution in [-0.2, 0) is 6.42 Å². The highest BCUT2D eigenvalue weighted by Gasteiger charge is 2.11. The van der Waals surface area contributed by atoms with Crippen LogP contribution in [0.25, 0.3) is 0 Å². The fraction of sp³-hybridized carbons (Fsp3) is 0.308. The smallest absolute Gasteiger partial charge is 0.288 e. The molecule has 0 radical (unpaired) electrons. The second-order valence-electron chi connectivity index (χ2n) is 4.23. The molecule has 0 fully saturated rings. The van der Waals surface area contributed by atoms with Crippen LogP contribution in [-0.4, -0.2) is 27.1 Å². The number of aromatic amines is 1. The maximum absolute atomic E-state index is 11.7. The lowest BCUT2D eigenvalue weighted by Crippen LogP contribution is -2.33. The van der Waals surface area contributed by atoms with Gasteiger partial charge in [0.15, 0.2) is 0 Å². The van der Waals surface area contributed by atoms with Crippen LogP contribution in [0.15, 0.2) is 36.7 Å². The number of aromatic nitrogens is 3. The molecule has 1 unspecified atom stereocenters. The Labute approximate surface area is 106 Å². The molecule has 0 saturated carbocycles. The first-order valence-corrected chi connectivity index (χ1v) is 5.96. The number of carbonyl (C=O) groups is 1.